The van der Waals surface area contributed by atoms with Gasteiger partial charge in [0.15, 0.2) is 11.5 Å². The maximum Gasteiger partial charge on any atom is 0.340 e. The molecule has 0 aliphatic heterocycles. The van der Waals surface area contributed by atoms with Crippen molar-refractivity contribution in [2.45, 2.75) is 20.4 Å². The summed E-state index contributed by atoms with van der Waals surface area (Å²) < 4.78 is 17.1. The van der Waals surface area contributed by atoms with Gasteiger partial charge in [-0.15, -0.1) is 0 Å². The van der Waals surface area contributed by atoms with Crippen LogP contribution in [-0.2, 0) is 11.3 Å². The van der Waals surface area contributed by atoms with Gasteiger partial charge in [0.05, 0.1) is 38.1 Å². The molecule has 2 aromatic carbocycles. The van der Waals surface area contributed by atoms with E-state index in [-0.39, 0.29) is 22.2 Å². The highest BCUT2D eigenvalue weighted by Gasteiger charge is 2.22. The molecule has 1 N–H and O–H groups in total. The van der Waals surface area contributed by atoms with Crippen LogP contribution in [0.4, 0.5) is 5.69 Å². The van der Waals surface area contributed by atoms with E-state index in [0.29, 0.717) is 23.4 Å². The Morgan fingerprint density at radius 3 is 2.29 bits per heavy atom. The van der Waals surface area contributed by atoms with E-state index in [1.54, 1.807) is 6.07 Å². The van der Waals surface area contributed by atoms with Crippen molar-refractivity contribution in [2.75, 3.05) is 26.6 Å². The number of hydrogen-bond acceptors (Lipinski definition) is 6. The molecule has 0 bridgehead atoms. The average molecular weight is 424 g/mol. The van der Waals surface area contributed by atoms with Crippen LogP contribution >= 0.6 is 0 Å². The summed E-state index contributed by atoms with van der Waals surface area (Å²) in [5.41, 5.74) is 1.45. The summed E-state index contributed by atoms with van der Waals surface area (Å²) in [6.45, 7) is 4.38. The summed E-state index contributed by atoms with van der Waals surface area (Å²) >= 11 is 0. The first-order chi connectivity index (χ1) is 14.8. The quantitative estimate of drug-likeness (QED) is 0.610. The fourth-order valence-electron chi connectivity index (χ4n) is 3.39. The molecule has 0 aliphatic carbocycles. The Bertz CT molecular complexity index is 1230. The van der Waals surface area contributed by atoms with Crippen LogP contribution in [0.15, 0.2) is 41.3 Å². The van der Waals surface area contributed by atoms with Gasteiger partial charge in [-0.25, -0.2) is 4.79 Å². The minimum absolute atomic E-state index is 0.0365. The molecule has 3 aromatic rings. The number of pyridine rings is 1. The molecule has 0 fully saturated rings. The first kappa shape index (κ1) is 21.9. The molecule has 1 aromatic heterocycles. The highest BCUT2D eigenvalue weighted by molar-refractivity contribution is 6.09. The van der Waals surface area contributed by atoms with E-state index >= 15 is 0 Å². The molecule has 8 nitrogen and oxygen atoms in total. The van der Waals surface area contributed by atoms with Crippen LogP contribution in [-0.4, -0.2) is 37.8 Å². The van der Waals surface area contributed by atoms with Crippen molar-refractivity contribution < 1.29 is 23.8 Å². The molecule has 162 valence electrons. The van der Waals surface area contributed by atoms with Crippen LogP contribution in [0.2, 0.25) is 0 Å². The molecule has 3 rings (SSSR count). The monoisotopic (exact) mass is 424 g/mol. The molecule has 8 heteroatoms. The van der Waals surface area contributed by atoms with Crippen molar-refractivity contribution >= 4 is 28.5 Å². The molecule has 31 heavy (non-hydrogen) atoms. The van der Waals surface area contributed by atoms with E-state index in [4.69, 9.17) is 14.2 Å². The Morgan fingerprint density at radius 2 is 1.68 bits per heavy atom. The molecule has 1 amide bonds. The molecule has 0 atom stereocenters. The molecule has 0 aliphatic rings. The number of rotatable bonds is 6. The number of aromatic nitrogens is 1. The molecule has 0 saturated carbocycles. The van der Waals surface area contributed by atoms with Gasteiger partial charge in [0.2, 0.25) is 5.43 Å². The Balaban J connectivity index is 2.13. The number of benzene rings is 2. The molecule has 0 spiro atoms. The average Bonchev–Trinajstić information content (AvgIpc) is 2.78. The van der Waals surface area contributed by atoms with Gasteiger partial charge in [0, 0.05) is 30.3 Å². The van der Waals surface area contributed by atoms with Crippen molar-refractivity contribution in [1.29, 1.82) is 0 Å². The predicted octanol–water partition coefficient (Wildman–Crippen LogP) is 3.39. The summed E-state index contributed by atoms with van der Waals surface area (Å²) in [6.07, 6.45) is 1.52. The second-order valence-corrected chi connectivity index (χ2v) is 6.88. The third-order valence-electron chi connectivity index (χ3n) is 5.00. The zero-order valence-corrected chi connectivity index (χ0v) is 18.1. The van der Waals surface area contributed by atoms with Gasteiger partial charge in [-0.3, -0.25) is 9.59 Å². The van der Waals surface area contributed by atoms with Crippen molar-refractivity contribution in [1.82, 2.24) is 4.57 Å². The lowest BCUT2D eigenvalue weighted by Crippen LogP contribution is -2.25. The number of carbonyl (C=O) groups is 2. The summed E-state index contributed by atoms with van der Waals surface area (Å²) in [5, 5.41) is 3.10. The van der Waals surface area contributed by atoms with E-state index in [9.17, 15) is 14.4 Å². The van der Waals surface area contributed by atoms with Gasteiger partial charge in [-0.2, -0.15) is 0 Å². The lowest BCUT2D eigenvalue weighted by Gasteiger charge is -2.15. The number of hydrogen-bond donors (Lipinski definition) is 1. The normalized spacial score (nSPS) is 10.6. The number of anilines is 1. The predicted molar refractivity (Wildman–Crippen MR) is 117 cm³/mol. The first-order valence-corrected chi connectivity index (χ1v) is 9.64. The smallest absolute Gasteiger partial charge is 0.340 e. The number of nitrogens with zero attached hydrogens (tertiary/aromatic N) is 1. The van der Waals surface area contributed by atoms with E-state index in [1.807, 2.05) is 30.5 Å². The van der Waals surface area contributed by atoms with Crippen LogP contribution in [0.5, 0.6) is 11.5 Å². The number of ether oxygens (including phenoxy) is 3. The van der Waals surface area contributed by atoms with Crippen LogP contribution in [0.25, 0.3) is 10.9 Å². The number of amides is 1. The van der Waals surface area contributed by atoms with E-state index in [2.05, 4.69) is 5.32 Å². The lowest BCUT2D eigenvalue weighted by atomic mass is 10.1. The first-order valence-electron chi connectivity index (χ1n) is 9.64. The van der Waals surface area contributed by atoms with Crippen molar-refractivity contribution in [3.63, 3.8) is 0 Å². The summed E-state index contributed by atoms with van der Waals surface area (Å²) in [7, 11) is 4.10. The third-order valence-corrected chi connectivity index (χ3v) is 5.00. The van der Waals surface area contributed by atoms with Crippen LogP contribution in [0, 0.1) is 6.92 Å². The van der Waals surface area contributed by atoms with Gasteiger partial charge >= 0.3 is 5.97 Å². The van der Waals surface area contributed by atoms with Gasteiger partial charge < -0.3 is 24.1 Å². The number of esters is 1. The largest absolute Gasteiger partial charge is 0.493 e. The molecular formula is C23H24N2O6. The highest BCUT2D eigenvalue weighted by Crippen LogP contribution is 2.34. The summed E-state index contributed by atoms with van der Waals surface area (Å²) in [5.74, 6) is -0.703. The van der Waals surface area contributed by atoms with Crippen LogP contribution < -0.4 is 20.2 Å². The number of aryl methyl sites for hydroxylation is 2. The fraction of sp³-hybridized carbons (Fsp3) is 0.261. The third kappa shape index (κ3) is 4.09. The van der Waals surface area contributed by atoms with Gasteiger partial charge in [0.25, 0.3) is 5.91 Å². The maximum absolute atomic E-state index is 13.1. The summed E-state index contributed by atoms with van der Waals surface area (Å²) in [6, 6.07) is 8.40. The SMILES string of the molecule is CCn1cc(C(=O)Nc2cc(OC)c(OC)cc2C(=O)OC)c(=O)c2cc(C)ccc21. The van der Waals surface area contributed by atoms with Gasteiger partial charge in [-0.05, 0) is 26.0 Å². The van der Waals surface area contributed by atoms with Crippen LogP contribution in [0.3, 0.4) is 0 Å². The number of nitrogens with one attached hydrogen (secondary N) is 1. The van der Waals surface area contributed by atoms with E-state index < -0.39 is 11.9 Å². The summed E-state index contributed by atoms with van der Waals surface area (Å²) in [4.78, 5) is 38.4. The Morgan fingerprint density at radius 1 is 1.00 bits per heavy atom. The Kier molecular flexibility index (Phi) is 6.29. The topological polar surface area (TPSA) is 95.9 Å². The zero-order valence-electron chi connectivity index (χ0n) is 18.1. The molecular weight excluding hydrogens is 400 g/mol. The minimum Gasteiger partial charge on any atom is -0.493 e. The van der Waals surface area contributed by atoms with Gasteiger partial charge in [0.1, 0.15) is 5.56 Å². The van der Waals surface area contributed by atoms with E-state index in [0.717, 1.165) is 11.1 Å². The maximum atomic E-state index is 13.1. The van der Waals surface area contributed by atoms with Crippen molar-refractivity contribution in [3.05, 3.63) is 63.4 Å². The molecule has 0 unspecified atom stereocenters. The van der Waals surface area contributed by atoms with Crippen molar-refractivity contribution in [2.24, 2.45) is 0 Å². The van der Waals surface area contributed by atoms with Gasteiger partial charge in [-0.1, -0.05) is 11.6 Å². The van der Waals surface area contributed by atoms with E-state index in [1.165, 1.54) is 39.7 Å². The van der Waals surface area contributed by atoms with Crippen molar-refractivity contribution in [3.8, 4) is 11.5 Å². The second kappa shape index (κ2) is 8.91. The zero-order chi connectivity index (χ0) is 22.7. The van der Waals surface area contributed by atoms with Crippen LogP contribution in [0.1, 0.15) is 33.2 Å². The number of carbonyl (C=O) groups excluding carboxylic acids is 2. The standard InChI is InChI=1S/C23H24N2O6/c1-6-25-12-16(21(26)15-9-13(2)7-8-18(15)25)22(27)24-17-11-20(30-4)19(29-3)10-14(17)23(28)31-5/h7-12H,6H2,1-5H3,(H,24,27). The lowest BCUT2D eigenvalue weighted by molar-refractivity contribution is 0.0601. The fourth-order valence-corrected chi connectivity index (χ4v) is 3.39. The Labute approximate surface area is 179 Å². The molecule has 1 heterocycles. The highest BCUT2D eigenvalue weighted by atomic mass is 16.5. The number of methoxy groups -OCH3 is 3. The second-order valence-electron chi connectivity index (χ2n) is 6.88. The molecule has 0 saturated heterocycles. The molecule has 0 radical (unpaired) electrons. The Hall–Kier alpha value is -3.81. The number of fused-ring (bicyclic) bond motifs is 1. The minimum atomic E-state index is -0.670.